The second kappa shape index (κ2) is 5.51. The van der Waals surface area contributed by atoms with Crippen LogP contribution >= 0.6 is 23.2 Å². The monoisotopic (exact) mass is 354 g/mol. The zero-order valence-corrected chi connectivity index (χ0v) is 15.5. The predicted octanol–water partition coefficient (Wildman–Crippen LogP) is 6.87. The molecule has 2 aliphatic carbocycles. The van der Waals surface area contributed by atoms with Gasteiger partial charge in [0.25, 0.3) is 0 Å². The Labute approximate surface area is 153 Å². The van der Waals surface area contributed by atoms with Crippen LogP contribution in [0.2, 0.25) is 0 Å². The van der Waals surface area contributed by atoms with Crippen molar-refractivity contribution in [3.05, 3.63) is 82.9 Å². The molecule has 0 radical (unpaired) electrons. The first kappa shape index (κ1) is 16.0. The minimum atomic E-state index is -0.457. The van der Waals surface area contributed by atoms with E-state index in [0.29, 0.717) is 0 Å². The van der Waals surface area contributed by atoms with E-state index in [1.165, 1.54) is 33.4 Å². The molecular formula is C22H20Cl2. The summed E-state index contributed by atoms with van der Waals surface area (Å²) in [6.07, 6.45) is 6.00. The highest BCUT2D eigenvalue weighted by atomic mass is 35.5. The van der Waals surface area contributed by atoms with Crippen LogP contribution in [-0.2, 0) is 9.75 Å². The van der Waals surface area contributed by atoms with E-state index in [1.807, 2.05) is 0 Å². The van der Waals surface area contributed by atoms with Crippen molar-refractivity contribution in [1.82, 2.24) is 0 Å². The number of allylic oxidation sites excluding steroid dienone is 4. The standard InChI is InChI=1S/C22H20Cl2/c1-15-13-21(23,19-9-5-3-7-17(15)19)11-12-22(24)14-16(2)18-8-4-6-10-20(18)22/h3-10,13-14H,11-12H2,1-2H3. The fourth-order valence-electron chi connectivity index (χ4n) is 4.15. The van der Waals surface area contributed by atoms with Gasteiger partial charge in [-0.3, -0.25) is 0 Å². The van der Waals surface area contributed by atoms with Gasteiger partial charge in [0.1, 0.15) is 0 Å². The quantitative estimate of drug-likeness (QED) is 0.527. The zero-order valence-electron chi connectivity index (χ0n) is 13.9. The van der Waals surface area contributed by atoms with E-state index in [-0.39, 0.29) is 0 Å². The van der Waals surface area contributed by atoms with Crippen molar-refractivity contribution in [3.63, 3.8) is 0 Å². The molecule has 122 valence electrons. The molecule has 2 aromatic carbocycles. The van der Waals surface area contributed by atoms with E-state index >= 15 is 0 Å². The second-order valence-electron chi connectivity index (χ2n) is 6.97. The van der Waals surface area contributed by atoms with Crippen molar-refractivity contribution >= 4 is 34.3 Å². The van der Waals surface area contributed by atoms with Crippen LogP contribution in [0, 0.1) is 0 Å². The summed E-state index contributed by atoms with van der Waals surface area (Å²) >= 11 is 14.1. The molecule has 2 unspecified atom stereocenters. The molecule has 0 spiro atoms. The Bertz CT molecular complexity index is 804. The predicted molar refractivity (Wildman–Crippen MR) is 104 cm³/mol. The van der Waals surface area contributed by atoms with Crippen LogP contribution in [0.25, 0.3) is 11.1 Å². The van der Waals surface area contributed by atoms with Gasteiger partial charge in [-0.2, -0.15) is 0 Å². The lowest BCUT2D eigenvalue weighted by Gasteiger charge is -2.27. The summed E-state index contributed by atoms with van der Waals surface area (Å²) in [7, 11) is 0. The Kier molecular flexibility index (Phi) is 3.67. The fraction of sp³-hybridized carbons (Fsp3) is 0.273. The van der Waals surface area contributed by atoms with Gasteiger partial charge in [0.15, 0.2) is 0 Å². The van der Waals surface area contributed by atoms with Gasteiger partial charge in [-0.25, -0.2) is 0 Å². The second-order valence-corrected chi connectivity index (χ2v) is 8.32. The maximum absolute atomic E-state index is 7.04. The van der Waals surface area contributed by atoms with Crippen LogP contribution in [0.15, 0.2) is 60.7 Å². The van der Waals surface area contributed by atoms with Crippen LogP contribution < -0.4 is 0 Å². The van der Waals surface area contributed by atoms with E-state index in [0.717, 1.165) is 12.8 Å². The molecule has 0 fully saturated rings. The molecule has 0 saturated carbocycles. The normalized spacial score (nSPS) is 27.5. The lowest BCUT2D eigenvalue weighted by atomic mass is 9.88. The summed E-state index contributed by atoms with van der Waals surface area (Å²) in [6, 6.07) is 16.8. The molecule has 4 rings (SSSR count). The van der Waals surface area contributed by atoms with Gasteiger partial charge >= 0.3 is 0 Å². The summed E-state index contributed by atoms with van der Waals surface area (Å²) in [5.41, 5.74) is 7.43. The Balaban J connectivity index is 1.65. The van der Waals surface area contributed by atoms with Gasteiger partial charge in [-0.05, 0) is 60.1 Å². The zero-order chi connectivity index (χ0) is 16.9. The number of benzene rings is 2. The maximum atomic E-state index is 7.04. The van der Waals surface area contributed by atoms with E-state index in [4.69, 9.17) is 23.2 Å². The van der Waals surface area contributed by atoms with E-state index in [1.54, 1.807) is 0 Å². The molecule has 0 bridgehead atoms. The molecule has 0 saturated heterocycles. The highest BCUT2D eigenvalue weighted by molar-refractivity contribution is 6.28. The summed E-state index contributed by atoms with van der Waals surface area (Å²) in [6.45, 7) is 4.27. The lowest BCUT2D eigenvalue weighted by Crippen LogP contribution is -2.21. The number of fused-ring (bicyclic) bond motifs is 2. The van der Waals surface area contributed by atoms with Crippen LogP contribution in [0.4, 0.5) is 0 Å². The minimum absolute atomic E-state index is 0.457. The topological polar surface area (TPSA) is 0 Å². The van der Waals surface area contributed by atoms with Gasteiger partial charge in [-0.1, -0.05) is 60.7 Å². The van der Waals surface area contributed by atoms with Crippen molar-refractivity contribution < 1.29 is 0 Å². The summed E-state index contributed by atoms with van der Waals surface area (Å²) < 4.78 is 0. The summed E-state index contributed by atoms with van der Waals surface area (Å²) in [5, 5.41) is 0. The van der Waals surface area contributed by atoms with E-state index < -0.39 is 9.75 Å². The van der Waals surface area contributed by atoms with Gasteiger partial charge in [-0.15, -0.1) is 23.2 Å². The van der Waals surface area contributed by atoms with Gasteiger partial charge in [0, 0.05) is 0 Å². The fourth-order valence-corrected chi connectivity index (χ4v) is 5.00. The molecule has 0 nitrogen and oxygen atoms in total. The van der Waals surface area contributed by atoms with Gasteiger partial charge < -0.3 is 0 Å². The highest BCUT2D eigenvalue weighted by Crippen LogP contribution is 2.52. The van der Waals surface area contributed by atoms with Crippen LogP contribution in [0.1, 0.15) is 48.9 Å². The number of rotatable bonds is 3. The smallest absolute Gasteiger partial charge is 0.0887 e. The molecule has 0 aromatic heterocycles. The third-order valence-electron chi connectivity index (χ3n) is 5.34. The molecular weight excluding hydrogens is 335 g/mol. The molecule has 0 aliphatic heterocycles. The van der Waals surface area contributed by atoms with Gasteiger partial charge in [0.05, 0.1) is 9.75 Å². The SMILES string of the molecule is CC1=CC(Cl)(CCC2(Cl)C=C(C)c3ccccc32)c2ccccc21. The third kappa shape index (κ3) is 2.36. The number of halogens is 2. The molecule has 0 amide bonds. The van der Waals surface area contributed by atoms with Crippen molar-refractivity contribution in [2.45, 2.75) is 36.4 Å². The van der Waals surface area contributed by atoms with Crippen LogP contribution in [0.3, 0.4) is 0 Å². The molecule has 2 aliphatic rings. The number of hydrogen-bond donors (Lipinski definition) is 0. The molecule has 2 aromatic rings. The Morgan fingerprint density at radius 1 is 0.667 bits per heavy atom. The largest absolute Gasteiger partial charge is 0.109 e. The van der Waals surface area contributed by atoms with Crippen molar-refractivity contribution in [1.29, 1.82) is 0 Å². The number of hydrogen-bond acceptors (Lipinski definition) is 0. The van der Waals surface area contributed by atoms with Crippen molar-refractivity contribution in [2.24, 2.45) is 0 Å². The number of alkyl halides is 2. The van der Waals surface area contributed by atoms with Crippen molar-refractivity contribution in [3.8, 4) is 0 Å². The average molecular weight is 355 g/mol. The third-order valence-corrected chi connectivity index (χ3v) is 6.35. The minimum Gasteiger partial charge on any atom is -0.109 e. The Hall–Kier alpha value is -1.50. The first-order chi connectivity index (χ1) is 11.4. The molecule has 0 N–H and O–H groups in total. The lowest BCUT2D eigenvalue weighted by molar-refractivity contribution is 0.566. The van der Waals surface area contributed by atoms with E-state index in [2.05, 4.69) is 74.5 Å². The Morgan fingerprint density at radius 3 is 1.46 bits per heavy atom. The molecule has 24 heavy (non-hydrogen) atoms. The van der Waals surface area contributed by atoms with Crippen LogP contribution in [0.5, 0.6) is 0 Å². The molecule has 2 atom stereocenters. The highest BCUT2D eigenvalue weighted by Gasteiger charge is 2.40. The maximum Gasteiger partial charge on any atom is 0.0887 e. The van der Waals surface area contributed by atoms with E-state index in [9.17, 15) is 0 Å². The Morgan fingerprint density at radius 2 is 1.04 bits per heavy atom. The molecule has 2 heteroatoms. The van der Waals surface area contributed by atoms with Crippen LogP contribution in [-0.4, -0.2) is 0 Å². The summed E-state index contributed by atoms with van der Waals surface area (Å²) in [5.74, 6) is 0. The first-order valence-corrected chi connectivity index (χ1v) is 9.15. The van der Waals surface area contributed by atoms with Crippen molar-refractivity contribution in [2.75, 3.05) is 0 Å². The average Bonchev–Trinajstić information content (AvgIpc) is 3.00. The summed E-state index contributed by atoms with van der Waals surface area (Å²) in [4.78, 5) is -0.913. The first-order valence-electron chi connectivity index (χ1n) is 8.39. The molecule has 0 heterocycles. The van der Waals surface area contributed by atoms with Gasteiger partial charge in [0.2, 0.25) is 0 Å².